The Labute approximate surface area is 291 Å². The van der Waals surface area contributed by atoms with Gasteiger partial charge < -0.3 is 13.9 Å². The second-order valence-electron chi connectivity index (χ2n) is 13.6. The molecule has 0 N–H and O–H groups in total. The maximum absolute atomic E-state index is 6.33. The zero-order valence-electron chi connectivity index (χ0n) is 27.8. The second kappa shape index (κ2) is 11.8. The van der Waals surface area contributed by atoms with Crippen LogP contribution in [0.3, 0.4) is 0 Å². The Morgan fingerprint density at radius 2 is 1.02 bits per heavy atom. The Bertz CT molecular complexity index is 2580. The maximum Gasteiger partial charge on any atom is 0.137 e. The van der Waals surface area contributed by atoms with Crippen LogP contribution in [0.4, 0.5) is 17.1 Å². The van der Waals surface area contributed by atoms with E-state index in [1.54, 1.807) is 0 Å². The van der Waals surface area contributed by atoms with Crippen LogP contribution < -0.4 is 4.90 Å². The number of benzene rings is 7. The van der Waals surface area contributed by atoms with E-state index in [0.29, 0.717) is 5.92 Å². The number of fused-ring (bicyclic) bond motifs is 6. The normalized spacial score (nSPS) is 13.6. The van der Waals surface area contributed by atoms with E-state index in [4.69, 9.17) is 4.42 Å². The quantitative estimate of drug-likeness (QED) is 0.180. The summed E-state index contributed by atoms with van der Waals surface area (Å²) in [5, 5.41) is 4.82. The Hall–Kier alpha value is -6.06. The van der Waals surface area contributed by atoms with Gasteiger partial charge in [0.2, 0.25) is 0 Å². The number of furan rings is 1. The van der Waals surface area contributed by atoms with Gasteiger partial charge in [-0.1, -0.05) is 110 Å². The Kier molecular flexibility index (Phi) is 6.83. The minimum absolute atomic E-state index is 0.680. The lowest BCUT2D eigenvalue weighted by atomic mass is 9.97. The first-order valence-electron chi connectivity index (χ1n) is 17.8. The average Bonchev–Trinajstić information content (AvgIpc) is 3.93. The maximum atomic E-state index is 6.33. The van der Waals surface area contributed by atoms with Gasteiger partial charge in [-0.05, 0) is 102 Å². The second-order valence-corrected chi connectivity index (χ2v) is 13.6. The van der Waals surface area contributed by atoms with Gasteiger partial charge in [0.05, 0.1) is 22.1 Å². The van der Waals surface area contributed by atoms with Crippen molar-refractivity contribution in [1.29, 1.82) is 0 Å². The molecule has 0 atom stereocenters. The number of hydrogen-bond acceptors (Lipinski definition) is 2. The lowest BCUT2D eigenvalue weighted by Gasteiger charge is -2.27. The highest BCUT2D eigenvalue weighted by molar-refractivity contribution is 6.13. The monoisotopic (exact) mass is 644 g/mol. The number of para-hydroxylation sites is 3. The van der Waals surface area contributed by atoms with Gasteiger partial charge in [0, 0.05) is 33.2 Å². The molecule has 3 heteroatoms. The first-order chi connectivity index (χ1) is 24.8. The molecule has 10 rings (SSSR count). The van der Waals surface area contributed by atoms with E-state index < -0.39 is 0 Å². The molecule has 240 valence electrons. The highest BCUT2D eigenvalue weighted by Crippen LogP contribution is 2.44. The van der Waals surface area contributed by atoms with E-state index in [1.165, 1.54) is 64.2 Å². The van der Waals surface area contributed by atoms with Crippen LogP contribution >= 0.6 is 0 Å². The van der Waals surface area contributed by atoms with Crippen molar-refractivity contribution in [1.82, 2.24) is 4.57 Å². The van der Waals surface area contributed by atoms with E-state index in [1.807, 2.05) is 6.07 Å². The van der Waals surface area contributed by atoms with E-state index >= 15 is 0 Å². The summed E-state index contributed by atoms with van der Waals surface area (Å²) in [5.74, 6) is 0.680. The summed E-state index contributed by atoms with van der Waals surface area (Å²) < 4.78 is 8.70. The van der Waals surface area contributed by atoms with E-state index in [-0.39, 0.29) is 0 Å². The molecule has 0 radical (unpaired) electrons. The summed E-state index contributed by atoms with van der Waals surface area (Å²) in [7, 11) is 0. The molecule has 7 aromatic carbocycles. The number of nitrogens with zero attached hydrogens (tertiary/aromatic N) is 2. The fourth-order valence-electron chi connectivity index (χ4n) is 8.33. The van der Waals surface area contributed by atoms with Crippen molar-refractivity contribution in [2.24, 2.45) is 0 Å². The van der Waals surface area contributed by atoms with Crippen molar-refractivity contribution in [2.75, 3.05) is 4.90 Å². The molecule has 9 aromatic rings. The molecular weight excluding hydrogens is 609 g/mol. The first-order valence-corrected chi connectivity index (χ1v) is 17.8. The van der Waals surface area contributed by atoms with Gasteiger partial charge in [0.25, 0.3) is 0 Å². The third-order valence-electron chi connectivity index (χ3n) is 10.8. The molecule has 1 saturated carbocycles. The predicted molar refractivity (Wildman–Crippen MR) is 209 cm³/mol. The van der Waals surface area contributed by atoms with Crippen LogP contribution in [0.15, 0.2) is 168 Å². The summed E-state index contributed by atoms with van der Waals surface area (Å²) in [6, 6.07) is 59.4. The Morgan fingerprint density at radius 3 is 1.68 bits per heavy atom. The first kappa shape index (κ1) is 28.9. The number of aromatic nitrogens is 1. The molecule has 0 bridgehead atoms. The van der Waals surface area contributed by atoms with Gasteiger partial charge in [-0.15, -0.1) is 0 Å². The van der Waals surface area contributed by atoms with Crippen molar-refractivity contribution >= 4 is 60.8 Å². The zero-order chi connectivity index (χ0) is 33.0. The van der Waals surface area contributed by atoms with Crippen molar-refractivity contribution in [3.63, 3.8) is 0 Å². The number of anilines is 3. The average molecular weight is 645 g/mol. The molecule has 3 nitrogen and oxygen atoms in total. The summed E-state index contributed by atoms with van der Waals surface area (Å²) in [4.78, 5) is 2.39. The molecule has 0 spiro atoms. The van der Waals surface area contributed by atoms with Gasteiger partial charge in [-0.2, -0.15) is 0 Å². The molecule has 0 amide bonds. The summed E-state index contributed by atoms with van der Waals surface area (Å²) in [6.07, 6.45) is 5.27. The van der Waals surface area contributed by atoms with Crippen LogP contribution in [0.25, 0.3) is 60.6 Å². The molecule has 2 heterocycles. The standard InChI is InChI=1S/C47H36N2O/c1-2-11-32(10-1)33-20-26-36(27-21-33)48(44-17-9-19-46-47(44)41-14-5-8-18-45(41)50-46)37-28-22-34(23-29-37)35-24-30-38(31-25-35)49-42-15-6-3-12-39(42)40-13-4-7-16-43(40)49/h3-9,12-32H,1-2,10-11H2. The van der Waals surface area contributed by atoms with Crippen LogP contribution in [-0.4, -0.2) is 4.57 Å². The van der Waals surface area contributed by atoms with Crippen molar-refractivity contribution < 1.29 is 4.42 Å². The molecule has 1 aliphatic carbocycles. The molecule has 50 heavy (non-hydrogen) atoms. The molecule has 0 unspecified atom stereocenters. The molecule has 1 aliphatic rings. The minimum atomic E-state index is 0.680. The third-order valence-corrected chi connectivity index (χ3v) is 10.8. The van der Waals surface area contributed by atoms with Gasteiger partial charge in [0.1, 0.15) is 11.2 Å². The minimum Gasteiger partial charge on any atom is -0.456 e. The van der Waals surface area contributed by atoms with Crippen LogP contribution in [-0.2, 0) is 0 Å². The molecule has 1 fully saturated rings. The smallest absolute Gasteiger partial charge is 0.137 e. The van der Waals surface area contributed by atoms with Crippen LogP contribution in [0.5, 0.6) is 0 Å². The van der Waals surface area contributed by atoms with Crippen LogP contribution in [0.2, 0.25) is 0 Å². The highest BCUT2D eigenvalue weighted by atomic mass is 16.3. The van der Waals surface area contributed by atoms with E-state index in [2.05, 4.69) is 167 Å². The van der Waals surface area contributed by atoms with E-state index in [0.717, 1.165) is 44.7 Å². The fourth-order valence-corrected chi connectivity index (χ4v) is 8.33. The topological polar surface area (TPSA) is 21.3 Å². The lowest BCUT2D eigenvalue weighted by Crippen LogP contribution is -2.10. The van der Waals surface area contributed by atoms with Gasteiger partial charge in [-0.25, -0.2) is 0 Å². The number of rotatable bonds is 6. The van der Waals surface area contributed by atoms with Gasteiger partial charge in [-0.3, -0.25) is 0 Å². The molecular formula is C47H36N2O. The van der Waals surface area contributed by atoms with Crippen molar-refractivity contribution in [3.8, 4) is 16.8 Å². The largest absolute Gasteiger partial charge is 0.456 e. The van der Waals surface area contributed by atoms with Crippen molar-refractivity contribution in [2.45, 2.75) is 31.6 Å². The van der Waals surface area contributed by atoms with Crippen LogP contribution in [0.1, 0.15) is 37.2 Å². The summed E-state index contributed by atoms with van der Waals surface area (Å²) in [5.41, 5.74) is 12.6. The van der Waals surface area contributed by atoms with Crippen LogP contribution in [0, 0.1) is 0 Å². The van der Waals surface area contributed by atoms with Crippen molar-refractivity contribution in [3.05, 3.63) is 169 Å². The lowest BCUT2D eigenvalue weighted by molar-refractivity contribution is 0.669. The zero-order valence-corrected chi connectivity index (χ0v) is 27.8. The SMILES string of the molecule is c1ccc2c(c1)oc1cccc(N(c3ccc(-c4ccc(-n5c6ccccc6c6ccccc65)cc4)cc3)c3ccc(C4CCCC4)cc3)c12. The summed E-state index contributed by atoms with van der Waals surface area (Å²) in [6.45, 7) is 0. The Balaban J connectivity index is 1.04. The third kappa shape index (κ3) is 4.73. The number of hydrogen-bond donors (Lipinski definition) is 0. The Morgan fingerprint density at radius 1 is 0.480 bits per heavy atom. The highest BCUT2D eigenvalue weighted by Gasteiger charge is 2.21. The van der Waals surface area contributed by atoms with Gasteiger partial charge in [0.15, 0.2) is 0 Å². The van der Waals surface area contributed by atoms with Gasteiger partial charge >= 0.3 is 0 Å². The van der Waals surface area contributed by atoms with E-state index in [9.17, 15) is 0 Å². The molecule has 0 saturated heterocycles. The fraction of sp³-hybridized carbons (Fsp3) is 0.106. The molecule has 2 aromatic heterocycles. The summed E-state index contributed by atoms with van der Waals surface area (Å²) >= 11 is 0. The predicted octanol–water partition coefficient (Wildman–Crippen LogP) is 13.5. The molecule has 0 aliphatic heterocycles.